The zero-order valence-corrected chi connectivity index (χ0v) is 32.9. The second-order valence-corrected chi connectivity index (χ2v) is 15.2. The van der Waals surface area contributed by atoms with Crippen LogP contribution in [0.1, 0.15) is 0 Å². The molecule has 0 amide bonds. The van der Waals surface area contributed by atoms with Gasteiger partial charge in [0, 0.05) is 22.1 Å². The van der Waals surface area contributed by atoms with Crippen LogP contribution in [0.3, 0.4) is 0 Å². The molecule has 60 heavy (non-hydrogen) atoms. The Balaban J connectivity index is 1.04. The Bertz CT molecular complexity index is 3290. The summed E-state index contributed by atoms with van der Waals surface area (Å²) in [6, 6.07) is 84.8. The van der Waals surface area contributed by atoms with E-state index in [1.54, 1.807) is 0 Å². The van der Waals surface area contributed by atoms with Gasteiger partial charge in [-0.1, -0.05) is 188 Å². The normalized spacial score (nSPS) is 11.3. The van der Waals surface area contributed by atoms with Gasteiger partial charge in [-0.2, -0.15) is 0 Å². The predicted octanol–water partition coefficient (Wildman–Crippen LogP) is 16.5. The van der Waals surface area contributed by atoms with E-state index in [0.29, 0.717) is 0 Å². The Morgan fingerprint density at radius 2 is 0.700 bits per heavy atom. The summed E-state index contributed by atoms with van der Waals surface area (Å²) in [5.74, 6) is 0. The van der Waals surface area contributed by atoms with Crippen molar-refractivity contribution in [3.05, 3.63) is 237 Å². The van der Waals surface area contributed by atoms with Gasteiger partial charge in [0.25, 0.3) is 0 Å². The van der Waals surface area contributed by atoms with E-state index in [1.165, 1.54) is 55.3 Å². The van der Waals surface area contributed by atoms with E-state index in [1.807, 2.05) is 12.1 Å². The fraction of sp³-hybridized carbons (Fsp3) is 0. The molecule has 0 unspecified atom stereocenters. The Kier molecular flexibility index (Phi) is 8.87. The largest absolute Gasteiger partial charge is 0.454 e. The van der Waals surface area contributed by atoms with Crippen molar-refractivity contribution in [1.29, 1.82) is 0 Å². The molecule has 282 valence electrons. The number of anilines is 3. The molecule has 0 aliphatic rings. The molecule has 11 rings (SSSR count). The lowest BCUT2D eigenvalue weighted by atomic mass is 9.89. The zero-order valence-electron chi connectivity index (χ0n) is 32.9. The molecule has 0 saturated heterocycles. The Labute approximate surface area is 349 Å². The molecule has 1 heterocycles. The van der Waals surface area contributed by atoms with Crippen molar-refractivity contribution in [3.63, 3.8) is 0 Å². The number of para-hydroxylation sites is 2. The average molecular weight is 766 g/mol. The highest BCUT2D eigenvalue weighted by molar-refractivity contribution is 6.10. The number of furan rings is 1. The minimum Gasteiger partial charge on any atom is -0.454 e. The molecule has 0 aliphatic carbocycles. The number of hydrogen-bond acceptors (Lipinski definition) is 2. The van der Waals surface area contributed by atoms with Gasteiger partial charge in [-0.25, -0.2) is 0 Å². The highest BCUT2D eigenvalue weighted by Gasteiger charge is 2.21. The Morgan fingerprint density at radius 3 is 1.27 bits per heavy atom. The molecule has 2 nitrogen and oxygen atoms in total. The van der Waals surface area contributed by atoms with Crippen LogP contribution in [0.2, 0.25) is 0 Å². The highest BCUT2D eigenvalue weighted by atomic mass is 16.3. The second-order valence-electron chi connectivity index (χ2n) is 15.2. The van der Waals surface area contributed by atoms with E-state index >= 15 is 0 Å². The van der Waals surface area contributed by atoms with Crippen molar-refractivity contribution in [3.8, 4) is 55.6 Å². The van der Waals surface area contributed by atoms with Crippen LogP contribution in [0.25, 0.3) is 88.3 Å². The molecular formula is C58H39NO. The summed E-state index contributed by atoms with van der Waals surface area (Å²) in [6.07, 6.45) is 0. The van der Waals surface area contributed by atoms with E-state index in [2.05, 4.69) is 229 Å². The van der Waals surface area contributed by atoms with Crippen LogP contribution < -0.4 is 4.90 Å². The summed E-state index contributed by atoms with van der Waals surface area (Å²) in [7, 11) is 0. The zero-order chi connectivity index (χ0) is 39.8. The summed E-state index contributed by atoms with van der Waals surface area (Å²) < 4.78 is 6.67. The molecular weight excluding hydrogens is 727 g/mol. The summed E-state index contributed by atoms with van der Waals surface area (Å²) in [5, 5.41) is 4.65. The minimum absolute atomic E-state index is 0.857. The average Bonchev–Trinajstić information content (AvgIpc) is 3.72. The van der Waals surface area contributed by atoms with Crippen LogP contribution >= 0.6 is 0 Å². The van der Waals surface area contributed by atoms with E-state index in [0.717, 1.165) is 50.1 Å². The van der Waals surface area contributed by atoms with Crippen LogP contribution in [0, 0.1) is 0 Å². The monoisotopic (exact) mass is 765 g/mol. The van der Waals surface area contributed by atoms with Crippen molar-refractivity contribution in [1.82, 2.24) is 0 Å². The number of hydrogen-bond donors (Lipinski definition) is 0. The van der Waals surface area contributed by atoms with Crippen LogP contribution in [0.15, 0.2) is 241 Å². The van der Waals surface area contributed by atoms with Gasteiger partial charge in [0.05, 0.1) is 5.69 Å². The van der Waals surface area contributed by atoms with Gasteiger partial charge in [0.2, 0.25) is 0 Å². The van der Waals surface area contributed by atoms with Crippen LogP contribution in [0.5, 0.6) is 0 Å². The fourth-order valence-electron chi connectivity index (χ4n) is 8.81. The van der Waals surface area contributed by atoms with Crippen molar-refractivity contribution in [2.45, 2.75) is 0 Å². The van der Waals surface area contributed by atoms with Crippen LogP contribution in [0.4, 0.5) is 17.1 Å². The van der Waals surface area contributed by atoms with Crippen molar-refractivity contribution < 1.29 is 4.42 Å². The maximum Gasteiger partial charge on any atom is 0.159 e. The van der Waals surface area contributed by atoms with Crippen molar-refractivity contribution in [2.24, 2.45) is 0 Å². The van der Waals surface area contributed by atoms with Crippen molar-refractivity contribution in [2.75, 3.05) is 4.90 Å². The summed E-state index contributed by atoms with van der Waals surface area (Å²) in [4.78, 5) is 2.33. The molecule has 0 bridgehead atoms. The quantitative estimate of drug-likeness (QED) is 0.153. The van der Waals surface area contributed by atoms with E-state index < -0.39 is 0 Å². The first-order valence-corrected chi connectivity index (χ1v) is 20.5. The molecule has 2 heteroatoms. The molecule has 1 aromatic heterocycles. The smallest absolute Gasteiger partial charge is 0.159 e. The fourth-order valence-corrected chi connectivity index (χ4v) is 8.81. The first kappa shape index (κ1) is 35.2. The summed E-state index contributed by atoms with van der Waals surface area (Å²) in [5.41, 5.74) is 16.8. The molecule has 0 spiro atoms. The summed E-state index contributed by atoms with van der Waals surface area (Å²) >= 11 is 0. The first-order chi connectivity index (χ1) is 29.8. The number of benzene rings is 10. The SMILES string of the molecule is c1ccc(-c2cc3ccccc3cc2-c2ccc(N(c3ccc(-c4ccccc4-c4ccccc4-c4ccccc4)cc3)c3cccc4c3oc3ccccc34)cc2)cc1. The third-order valence-electron chi connectivity index (χ3n) is 11.7. The number of rotatable bonds is 8. The predicted molar refractivity (Wildman–Crippen MR) is 253 cm³/mol. The van der Waals surface area contributed by atoms with Crippen LogP contribution in [-0.4, -0.2) is 0 Å². The molecule has 0 N–H and O–H groups in total. The first-order valence-electron chi connectivity index (χ1n) is 20.5. The molecule has 0 saturated carbocycles. The Morgan fingerprint density at radius 1 is 0.283 bits per heavy atom. The van der Waals surface area contributed by atoms with E-state index in [4.69, 9.17) is 4.42 Å². The van der Waals surface area contributed by atoms with Gasteiger partial charge < -0.3 is 9.32 Å². The molecule has 0 atom stereocenters. The second kappa shape index (κ2) is 15.1. The van der Waals surface area contributed by atoms with E-state index in [9.17, 15) is 0 Å². The van der Waals surface area contributed by atoms with Gasteiger partial charge in [0.1, 0.15) is 5.58 Å². The third-order valence-corrected chi connectivity index (χ3v) is 11.7. The molecule has 0 aliphatic heterocycles. The molecule has 10 aromatic carbocycles. The Hall–Kier alpha value is -7.94. The lowest BCUT2D eigenvalue weighted by molar-refractivity contribution is 0.669. The number of fused-ring (bicyclic) bond motifs is 4. The van der Waals surface area contributed by atoms with E-state index in [-0.39, 0.29) is 0 Å². The third kappa shape index (κ3) is 6.32. The number of nitrogens with zero attached hydrogens (tertiary/aromatic N) is 1. The highest BCUT2D eigenvalue weighted by Crippen LogP contribution is 2.45. The maximum atomic E-state index is 6.67. The lowest BCUT2D eigenvalue weighted by Crippen LogP contribution is -2.10. The van der Waals surface area contributed by atoms with Gasteiger partial charge in [0.15, 0.2) is 5.58 Å². The van der Waals surface area contributed by atoms with Gasteiger partial charge in [-0.3, -0.25) is 0 Å². The standard InChI is InChI=1S/C58H39NO/c1-3-16-40(17-4-1)48-22-9-11-24-50(48)51-25-12-10-23-49(51)42-30-34-46(35-31-42)59(56-28-15-27-53-52-26-13-14-29-57(52)60-58(53)56)47-36-32-43(33-37-47)55-39-45-21-8-7-20-44(45)38-54(55)41-18-5-2-6-19-41/h1-39H. The van der Waals surface area contributed by atoms with Crippen LogP contribution in [-0.2, 0) is 0 Å². The molecule has 0 fully saturated rings. The van der Waals surface area contributed by atoms with Crippen molar-refractivity contribution >= 4 is 49.8 Å². The molecule has 11 aromatic rings. The van der Waals surface area contributed by atoms with Gasteiger partial charge >= 0.3 is 0 Å². The maximum absolute atomic E-state index is 6.67. The van der Waals surface area contributed by atoms with Gasteiger partial charge in [-0.15, -0.1) is 0 Å². The van der Waals surface area contributed by atoms with Gasteiger partial charge in [-0.05, 0) is 115 Å². The molecule has 0 radical (unpaired) electrons. The lowest BCUT2D eigenvalue weighted by Gasteiger charge is -2.26. The topological polar surface area (TPSA) is 16.4 Å². The summed E-state index contributed by atoms with van der Waals surface area (Å²) in [6.45, 7) is 0. The minimum atomic E-state index is 0.857.